The Morgan fingerprint density at radius 2 is 2.09 bits per heavy atom. The quantitative estimate of drug-likeness (QED) is 0.282. The summed E-state index contributed by atoms with van der Waals surface area (Å²) < 4.78 is 12.5. The number of nitro groups is 1. The largest absolute Gasteiger partial charge is 0.496 e. The summed E-state index contributed by atoms with van der Waals surface area (Å²) in [5.74, 6) is 0.984. The number of hydrogen-bond acceptors (Lipinski definition) is 7. The van der Waals surface area contributed by atoms with E-state index in [0.29, 0.717) is 16.5 Å². The van der Waals surface area contributed by atoms with Crippen LogP contribution in [0.3, 0.4) is 0 Å². The molecule has 3 rings (SSSR count). The first-order valence-electron chi connectivity index (χ1n) is 9.48. The van der Waals surface area contributed by atoms with Crippen LogP contribution >= 0.6 is 11.6 Å². The average Bonchev–Trinajstić information content (AvgIpc) is 3.27. The Labute approximate surface area is 188 Å². The summed E-state index contributed by atoms with van der Waals surface area (Å²) in [6.45, 7) is 0.471. The zero-order chi connectivity index (χ0) is 22.9. The highest BCUT2D eigenvalue weighted by molar-refractivity contribution is 6.30. The van der Waals surface area contributed by atoms with E-state index in [1.54, 1.807) is 43.5 Å². The van der Waals surface area contributed by atoms with E-state index in [9.17, 15) is 14.9 Å². The van der Waals surface area contributed by atoms with Gasteiger partial charge in [0.25, 0.3) is 0 Å². The molecule has 11 heteroatoms. The van der Waals surface area contributed by atoms with Crippen LogP contribution in [0.4, 0.5) is 5.69 Å². The van der Waals surface area contributed by atoms with Crippen LogP contribution in [0.5, 0.6) is 11.5 Å². The summed E-state index contributed by atoms with van der Waals surface area (Å²) in [5, 5.41) is 19.1. The lowest BCUT2D eigenvalue weighted by Gasteiger charge is -2.11. The summed E-state index contributed by atoms with van der Waals surface area (Å²) in [6.07, 6.45) is 3.97. The molecule has 0 aliphatic rings. The molecule has 10 nitrogen and oxygen atoms in total. The van der Waals surface area contributed by atoms with E-state index in [2.05, 4.69) is 15.6 Å². The molecule has 0 radical (unpaired) electrons. The van der Waals surface area contributed by atoms with E-state index in [0.717, 1.165) is 17.3 Å². The topological polar surface area (TPSA) is 121 Å². The second-order valence-corrected chi connectivity index (χ2v) is 7.01. The number of methoxy groups -OCH3 is 1. The maximum absolute atomic E-state index is 11.9. The molecule has 0 aliphatic carbocycles. The molecule has 0 fully saturated rings. The number of hydrazone groups is 1. The van der Waals surface area contributed by atoms with Gasteiger partial charge in [-0.1, -0.05) is 11.6 Å². The van der Waals surface area contributed by atoms with E-state index in [4.69, 9.17) is 21.1 Å². The van der Waals surface area contributed by atoms with Gasteiger partial charge in [-0.15, -0.1) is 0 Å². The van der Waals surface area contributed by atoms with E-state index in [-0.39, 0.29) is 31.2 Å². The molecule has 0 saturated heterocycles. The molecule has 1 N–H and O–H groups in total. The molecular formula is C21H20ClN5O5. The number of aryl methyl sites for hydroxylation is 1. The van der Waals surface area contributed by atoms with Crippen molar-refractivity contribution in [3.63, 3.8) is 0 Å². The lowest BCUT2D eigenvalue weighted by molar-refractivity contribution is -0.385. The van der Waals surface area contributed by atoms with Gasteiger partial charge in [-0.3, -0.25) is 19.6 Å². The zero-order valence-corrected chi connectivity index (χ0v) is 17.9. The Balaban J connectivity index is 1.53. The molecule has 3 aromatic rings. The fraction of sp³-hybridized carbons (Fsp3) is 0.190. The normalized spacial score (nSPS) is 10.8. The third kappa shape index (κ3) is 6.54. The highest BCUT2D eigenvalue weighted by atomic mass is 35.5. The smallest absolute Gasteiger partial charge is 0.306 e. The van der Waals surface area contributed by atoms with Crippen molar-refractivity contribution in [2.24, 2.45) is 5.10 Å². The minimum atomic E-state index is -0.544. The molecule has 1 amide bonds. The summed E-state index contributed by atoms with van der Waals surface area (Å²) in [6, 6.07) is 12.5. The Kier molecular flexibility index (Phi) is 7.76. The molecular weight excluding hydrogens is 438 g/mol. The first-order valence-corrected chi connectivity index (χ1v) is 9.86. The third-order valence-electron chi connectivity index (χ3n) is 4.31. The monoisotopic (exact) mass is 457 g/mol. The molecule has 1 heterocycles. The number of benzene rings is 2. The van der Waals surface area contributed by atoms with Gasteiger partial charge in [0.15, 0.2) is 0 Å². The first kappa shape index (κ1) is 22.8. The number of carbonyl (C=O) groups excluding carboxylic acids is 1. The van der Waals surface area contributed by atoms with E-state index < -0.39 is 4.92 Å². The third-order valence-corrected chi connectivity index (χ3v) is 4.57. The van der Waals surface area contributed by atoms with Crippen molar-refractivity contribution in [1.82, 2.24) is 15.2 Å². The summed E-state index contributed by atoms with van der Waals surface area (Å²) >= 11 is 5.88. The number of hydrogen-bond donors (Lipinski definition) is 1. The summed E-state index contributed by atoms with van der Waals surface area (Å²) in [4.78, 5) is 22.1. The Hall–Kier alpha value is -3.92. The van der Waals surface area contributed by atoms with Crippen LogP contribution in [0.25, 0.3) is 0 Å². The Morgan fingerprint density at radius 1 is 1.31 bits per heavy atom. The highest BCUT2D eigenvalue weighted by Gasteiger charge is 2.10. The van der Waals surface area contributed by atoms with Gasteiger partial charge in [0, 0.05) is 17.0 Å². The Morgan fingerprint density at radius 3 is 2.78 bits per heavy atom. The van der Waals surface area contributed by atoms with Gasteiger partial charge in [0.2, 0.25) is 5.91 Å². The maximum Gasteiger partial charge on any atom is 0.306 e. The molecule has 166 valence electrons. The SMILES string of the molecule is COc1ccc(/C=N/NC(=O)CCn2cc([N+](=O)[O-])cn2)cc1COc1ccc(Cl)cc1. The van der Waals surface area contributed by atoms with E-state index in [1.807, 2.05) is 6.07 Å². The lowest BCUT2D eigenvalue weighted by atomic mass is 10.1. The second-order valence-electron chi connectivity index (χ2n) is 6.58. The van der Waals surface area contributed by atoms with Crippen LogP contribution in [-0.2, 0) is 17.9 Å². The van der Waals surface area contributed by atoms with Crippen LogP contribution < -0.4 is 14.9 Å². The van der Waals surface area contributed by atoms with Crippen molar-refractivity contribution in [2.75, 3.05) is 7.11 Å². The molecule has 32 heavy (non-hydrogen) atoms. The molecule has 1 aromatic heterocycles. The second kappa shape index (κ2) is 10.9. The molecule has 0 saturated carbocycles. The van der Waals surface area contributed by atoms with Gasteiger partial charge in [-0.2, -0.15) is 10.2 Å². The van der Waals surface area contributed by atoms with Crippen molar-refractivity contribution in [1.29, 1.82) is 0 Å². The molecule has 0 atom stereocenters. The van der Waals surface area contributed by atoms with Gasteiger partial charge in [-0.25, -0.2) is 5.43 Å². The zero-order valence-electron chi connectivity index (χ0n) is 17.1. The van der Waals surface area contributed by atoms with E-state index >= 15 is 0 Å². The summed E-state index contributed by atoms with van der Waals surface area (Å²) in [7, 11) is 1.57. The number of amides is 1. The predicted octanol–water partition coefficient (Wildman–Crippen LogP) is 3.57. The van der Waals surface area contributed by atoms with Gasteiger partial charge in [0.05, 0.1) is 24.8 Å². The number of rotatable bonds is 10. The van der Waals surface area contributed by atoms with Crippen LogP contribution in [0.1, 0.15) is 17.5 Å². The lowest BCUT2D eigenvalue weighted by Crippen LogP contribution is -2.19. The average molecular weight is 458 g/mol. The maximum atomic E-state index is 11.9. The van der Waals surface area contributed by atoms with Gasteiger partial charge >= 0.3 is 5.69 Å². The molecule has 2 aromatic carbocycles. The number of aromatic nitrogens is 2. The molecule has 0 bridgehead atoms. The van der Waals surface area contributed by atoms with Crippen molar-refractivity contribution in [3.8, 4) is 11.5 Å². The number of nitrogens with one attached hydrogen (secondary N) is 1. The van der Waals surface area contributed by atoms with Gasteiger partial charge in [-0.05, 0) is 48.0 Å². The predicted molar refractivity (Wildman–Crippen MR) is 118 cm³/mol. The Bertz CT molecular complexity index is 1110. The van der Waals surface area contributed by atoms with E-state index in [1.165, 1.54) is 17.1 Å². The highest BCUT2D eigenvalue weighted by Crippen LogP contribution is 2.22. The fourth-order valence-electron chi connectivity index (χ4n) is 2.70. The molecule has 0 spiro atoms. The number of nitrogens with zero attached hydrogens (tertiary/aromatic N) is 4. The fourth-order valence-corrected chi connectivity index (χ4v) is 2.83. The number of halogens is 1. The molecule has 0 unspecified atom stereocenters. The minimum absolute atomic E-state index is 0.0684. The first-order chi connectivity index (χ1) is 15.4. The van der Waals surface area contributed by atoms with Gasteiger partial charge in [0.1, 0.15) is 30.5 Å². The number of ether oxygens (including phenoxy) is 2. The van der Waals surface area contributed by atoms with Crippen molar-refractivity contribution < 1.29 is 19.2 Å². The van der Waals surface area contributed by atoms with Crippen LogP contribution in [0, 0.1) is 10.1 Å². The number of carbonyl (C=O) groups is 1. The van der Waals surface area contributed by atoms with Crippen molar-refractivity contribution in [2.45, 2.75) is 19.6 Å². The van der Waals surface area contributed by atoms with Crippen LogP contribution in [-0.4, -0.2) is 33.9 Å². The molecule has 0 aliphatic heterocycles. The van der Waals surface area contributed by atoms with Crippen LogP contribution in [0.2, 0.25) is 5.02 Å². The van der Waals surface area contributed by atoms with Crippen molar-refractivity contribution >= 4 is 29.4 Å². The minimum Gasteiger partial charge on any atom is -0.496 e. The standard InChI is InChI=1S/C21H20ClN5O5/c1-31-20-7-2-15(10-16(20)14-32-19-5-3-17(22)4-6-19)11-23-25-21(28)8-9-26-13-18(12-24-26)27(29)30/h2-7,10-13H,8-9,14H2,1H3,(H,25,28)/b23-11+. The van der Waals surface area contributed by atoms with Gasteiger partial charge < -0.3 is 9.47 Å². The summed E-state index contributed by atoms with van der Waals surface area (Å²) in [5.41, 5.74) is 3.84. The van der Waals surface area contributed by atoms with Crippen LogP contribution in [0.15, 0.2) is 60.0 Å². The van der Waals surface area contributed by atoms with Crippen molar-refractivity contribution in [3.05, 3.63) is 81.1 Å².